The van der Waals surface area contributed by atoms with Gasteiger partial charge in [-0.25, -0.2) is 0 Å². The lowest BCUT2D eigenvalue weighted by Crippen LogP contribution is -2.48. The van der Waals surface area contributed by atoms with E-state index in [0.29, 0.717) is 19.6 Å². The number of hydrogen-bond donors (Lipinski definition) is 2. The molecule has 0 saturated heterocycles. The molecule has 0 aromatic heterocycles. The topological polar surface area (TPSA) is 64.3 Å². The third kappa shape index (κ3) is 7.66. The summed E-state index contributed by atoms with van der Waals surface area (Å²) in [5.74, 6) is 0.987. The largest absolute Gasteiger partial charge is 0.493 e. The van der Waals surface area contributed by atoms with E-state index in [1.807, 2.05) is 26.8 Å². The van der Waals surface area contributed by atoms with Crippen molar-refractivity contribution in [1.29, 1.82) is 0 Å². The van der Waals surface area contributed by atoms with Crippen LogP contribution in [0.2, 0.25) is 0 Å². The van der Waals surface area contributed by atoms with E-state index < -0.39 is 0 Å². The summed E-state index contributed by atoms with van der Waals surface area (Å²) in [4.78, 5) is 11.7. The van der Waals surface area contributed by atoms with Crippen LogP contribution in [0, 0.1) is 13.8 Å². The number of carbonyl (C=O) groups excluding carboxylic acids is 1. The third-order valence-corrected chi connectivity index (χ3v) is 3.39. The van der Waals surface area contributed by atoms with Gasteiger partial charge in [0.05, 0.1) is 6.61 Å². The van der Waals surface area contributed by atoms with E-state index >= 15 is 0 Å². The molecular weight excluding hydrogens is 300 g/mol. The maximum absolute atomic E-state index is 11.7. The van der Waals surface area contributed by atoms with Gasteiger partial charge in [0.25, 0.3) is 0 Å². The number of rotatable bonds is 8. The van der Waals surface area contributed by atoms with Crippen molar-refractivity contribution in [3.63, 3.8) is 0 Å². The molecule has 1 aromatic carbocycles. The predicted octanol–water partition coefficient (Wildman–Crippen LogP) is 3.13. The van der Waals surface area contributed by atoms with Crippen molar-refractivity contribution < 1.29 is 9.53 Å². The molecule has 0 saturated carbocycles. The minimum atomic E-state index is -0.327. The van der Waals surface area contributed by atoms with Crippen molar-refractivity contribution >= 4 is 18.3 Å². The first kappa shape index (κ1) is 20.7. The summed E-state index contributed by atoms with van der Waals surface area (Å²) in [5.41, 5.74) is 7.60. The van der Waals surface area contributed by atoms with Gasteiger partial charge in [0.2, 0.25) is 5.91 Å². The second kappa shape index (κ2) is 9.70. The number of benzene rings is 1. The Morgan fingerprint density at radius 2 is 1.95 bits per heavy atom. The number of unbranched alkanes of at least 4 members (excludes halogenated alkanes) is 1. The first-order valence-corrected chi connectivity index (χ1v) is 7.55. The molecule has 5 heteroatoms. The summed E-state index contributed by atoms with van der Waals surface area (Å²) in [6, 6.07) is 6.19. The molecule has 1 rings (SSSR count). The standard InChI is InChI=1S/C17H28N2O2.ClH/c1-13-8-9-14(2)15(11-13)21-10-6-5-7-16(20)19-17(3,4)12-18;/h8-9,11H,5-7,10,12,18H2,1-4H3,(H,19,20);1H. The minimum absolute atomic E-state index is 0. The molecule has 0 atom stereocenters. The Morgan fingerprint density at radius 3 is 2.59 bits per heavy atom. The van der Waals surface area contributed by atoms with Crippen molar-refractivity contribution in [2.45, 2.75) is 52.5 Å². The summed E-state index contributed by atoms with van der Waals surface area (Å²) in [6.07, 6.45) is 2.20. The molecule has 0 aliphatic carbocycles. The molecule has 0 aliphatic heterocycles. The van der Waals surface area contributed by atoms with Gasteiger partial charge in [-0.05, 0) is 57.7 Å². The molecule has 126 valence electrons. The zero-order valence-corrected chi connectivity index (χ0v) is 14.9. The van der Waals surface area contributed by atoms with Gasteiger partial charge >= 0.3 is 0 Å². The molecule has 22 heavy (non-hydrogen) atoms. The van der Waals surface area contributed by atoms with Gasteiger partial charge in [-0.2, -0.15) is 0 Å². The van der Waals surface area contributed by atoms with E-state index in [-0.39, 0.29) is 23.9 Å². The fourth-order valence-electron chi connectivity index (χ4n) is 1.92. The average Bonchev–Trinajstić information content (AvgIpc) is 2.41. The van der Waals surface area contributed by atoms with E-state index in [4.69, 9.17) is 10.5 Å². The van der Waals surface area contributed by atoms with Crippen LogP contribution >= 0.6 is 12.4 Å². The molecule has 0 spiro atoms. The van der Waals surface area contributed by atoms with E-state index in [1.54, 1.807) is 0 Å². The second-order valence-electron chi connectivity index (χ2n) is 6.21. The lowest BCUT2D eigenvalue weighted by molar-refractivity contribution is -0.122. The van der Waals surface area contributed by atoms with Gasteiger partial charge in [0.15, 0.2) is 0 Å². The van der Waals surface area contributed by atoms with Crippen LogP contribution in [0.3, 0.4) is 0 Å². The highest BCUT2D eigenvalue weighted by Crippen LogP contribution is 2.19. The minimum Gasteiger partial charge on any atom is -0.493 e. The van der Waals surface area contributed by atoms with E-state index in [0.717, 1.165) is 24.2 Å². The van der Waals surface area contributed by atoms with Crippen LogP contribution in [0.15, 0.2) is 18.2 Å². The molecule has 4 nitrogen and oxygen atoms in total. The molecule has 0 bridgehead atoms. The normalized spacial score (nSPS) is 10.8. The Bertz CT molecular complexity index is 476. The van der Waals surface area contributed by atoms with Crippen molar-refractivity contribution in [3.8, 4) is 5.75 Å². The van der Waals surface area contributed by atoms with Gasteiger partial charge in [0.1, 0.15) is 5.75 Å². The SMILES string of the molecule is Cc1ccc(C)c(OCCCCC(=O)NC(C)(C)CN)c1.Cl. The highest BCUT2D eigenvalue weighted by Gasteiger charge is 2.17. The van der Waals surface area contributed by atoms with E-state index in [1.165, 1.54) is 5.56 Å². The third-order valence-electron chi connectivity index (χ3n) is 3.39. The molecule has 0 fully saturated rings. The van der Waals surface area contributed by atoms with Gasteiger partial charge in [0, 0.05) is 18.5 Å². The van der Waals surface area contributed by atoms with Crippen molar-refractivity contribution in [2.75, 3.05) is 13.2 Å². The van der Waals surface area contributed by atoms with Crippen molar-refractivity contribution in [1.82, 2.24) is 5.32 Å². The lowest BCUT2D eigenvalue weighted by Gasteiger charge is -2.24. The van der Waals surface area contributed by atoms with Gasteiger partial charge < -0.3 is 15.8 Å². The van der Waals surface area contributed by atoms with E-state index in [2.05, 4.69) is 24.4 Å². The van der Waals surface area contributed by atoms with Crippen LogP contribution < -0.4 is 15.8 Å². The number of ether oxygens (including phenoxy) is 1. The van der Waals surface area contributed by atoms with Crippen molar-refractivity contribution in [3.05, 3.63) is 29.3 Å². The summed E-state index contributed by atoms with van der Waals surface area (Å²) in [6.45, 7) is 9.02. The van der Waals surface area contributed by atoms with Gasteiger partial charge in [-0.1, -0.05) is 12.1 Å². The Hall–Kier alpha value is -1.26. The first-order chi connectivity index (χ1) is 9.84. The van der Waals surface area contributed by atoms with Crippen LogP contribution in [0.4, 0.5) is 0 Å². The molecule has 1 aromatic rings. The Morgan fingerprint density at radius 1 is 1.27 bits per heavy atom. The van der Waals surface area contributed by atoms with Crippen LogP contribution in [-0.4, -0.2) is 24.6 Å². The number of halogens is 1. The number of nitrogens with two attached hydrogens (primary N) is 1. The van der Waals surface area contributed by atoms with Crippen molar-refractivity contribution in [2.24, 2.45) is 5.73 Å². The number of aryl methyl sites for hydroxylation is 2. The molecule has 1 amide bonds. The summed E-state index contributed by atoms with van der Waals surface area (Å²) in [7, 11) is 0. The predicted molar refractivity (Wildman–Crippen MR) is 93.8 cm³/mol. The smallest absolute Gasteiger partial charge is 0.220 e. The van der Waals surface area contributed by atoms with Gasteiger partial charge in [-0.15, -0.1) is 12.4 Å². The maximum Gasteiger partial charge on any atom is 0.220 e. The summed E-state index contributed by atoms with van der Waals surface area (Å²) >= 11 is 0. The zero-order valence-electron chi connectivity index (χ0n) is 14.1. The highest BCUT2D eigenvalue weighted by atomic mass is 35.5. The molecule has 3 N–H and O–H groups in total. The fourth-order valence-corrected chi connectivity index (χ4v) is 1.92. The number of carbonyl (C=O) groups is 1. The molecule has 0 unspecified atom stereocenters. The fraction of sp³-hybridized carbons (Fsp3) is 0.588. The monoisotopic (exact) mass is 328 g/mol. The zero-order chi connectivity index (χ0) is 15.9. The van der Waals surface area contributed by atoms with Crippen LogP contribution in [-0.2, 0) is 4.79 Å². The maximum atomic E-state index is 11.7. The summed E-state index contributed by atoms with van der Waals surface area (Å²) < 4.78 is 5.77. The van der Waals surface area contributed by atoms with Crippen LogP contribution in [0.1, 0.15) is 44.2 Å². The second-order valence-corrected chi connectivity index (χ2v) is 6.21. The number of nitrogens with one attached hydrogen (secondary N) is 1. The molecule has 0 heterocycles. The quantitative estimate of drug-likeness (QED) is 0.721. The van der Waals surface area contributed by atoms with Crippen LogP contribution in [0.5, 0.6) is 5.75 Å². The first-order valence-electron chi connectivity index (χ1n) is 7.55. The van der Waals surface area contributed by atoms with Gasteiger partial charge in [-0.3, -0.25) is 4.79 Å². The van der Waals surface area contributed by atoms with E-state index in [9.17, 15) is 4.79 Å². The summed E-state index contributed by atoms with van der Waals surface area (Å²) in [5, 5.41) is 2.93. The highest BCUT2D eigenvalue weighted by molar-refractivity contribution is 5.85. The Kier molecular flexibility index (Phi) is 9.14. The average molecular weight is 329 g/mol. The number of amides is 1. The molecule has 0 radical (unpaired) electrons. The molecule has 0 aliphatic rings. The Labute approximate surface area is 140 Å². The van der Waals surface area contributed by atoms with Crippen LogP contribution in [0.25, 0.3) is 0 Å². The Balaban J connectivity index is 0.00000441. The molecular formula is C17H29ClN2O2. The number of hydrogen-bond acceptors (Lipinski definition) is 3. The lowest BCUT2D eigenvalue weighted by atomic mass is 10.1.